The maximum Gasteiger partial charge on any atom is 0.325 e. The van der Waals surface area contributed by atoms with E-state index in [0.29, 0.717) is 15.6 Å². The Kier molecular flexibility index (Phi) is 6.39. The summed E-state index contributed by atoms with van der Waals surface area (Å²) in [5.41, 5.74) is 0.625. The van der Waals surface area contributed by atoms with Gasteiger partial charge in [0.2, 0.25) is 5.91 Å². The Morgan fingerprint density at radius 1 is 1.37 bits per heavy atom. The topological polar surface area (TPSA) is 55.4 Å². The van der Waals surface area contributed by atoms with Crippen LogP contribution in [-0.4, -0.2) is 25.0 Å². The van der Waals surface area contributed by atoms with Gasteiger partial charge in [-0.15, -0.1) is 0 Å². The second-order valence-electron chi connectivity index (χ2n) is 3.50. The Hall–Kier alpha value is -1.52. The van der Waals surface area contributed by atoms with Crippen molar-refractivity contribution in [1.29, 1.82) is 0 Å². The zero-order valence-electron chi connectivity index (χ0n) is 10.3. The highest BCUT2D eigenvalue weighted by Crippen LogP contribution is 2.26. The van der Waals surface area contributed by atoms with E-state index in [2.05, 4.69) is 10.1 Å². The van der Waals surface area contributed by atoms with Crippen molar-refractivity contribution >= 4 is 41.2 Å². The van der Waals surface area contributed by atoms with E-state index in [9.17, 15) is 9.59 Å². The summed E-state index contributed by atoms with van der Waals surface area (Å²) in [5, 5.41) is 3.18. The fraction of sp³-hybridized carbons (Fsp3) is 0.231. The summed E-state index contributed by atoms with van der Waals surface area (Å²) in [4.78, 5) is 22.5. The Bertz CT molecular complexity index is 501. The van der Waals surface area contributed by atoms with Crippen LogP contribution in [0, 0.1) is 0 Å². The van der Waals surface area contributed by atoms with Gasteiger partial charge in [0.05, 0.1) is 16.7 Å². The number of nitrogens with one attached hydrogen (secondary N) is 1. The summed E-state index contributed by atoms with van der Waals surface area (Å²) >= 11 is 11.8. The molecule has 0 fully saturated rings. The first-order valence-corrected chi connectivity index (χ1v) is 6.35. The maximum absolute atomic E-state index is 11.4. The van der Waals surface area contributed by atoms with E-state index in [1.807, 2.05) is 0 Å². The Morgan fingerprint density at radius 3 is 2.79 bits per heavy atom. The minimum Gasteiger partial charge on any atom is -0.465 e. The minimum absolute atomic E-state index is 0.166. The van der Waals surface area contributed by atoms with Gasteiger partial charge < -0.3 is 10.1 Å². The highest BCUT2D eigenvalue weighted by molar-refractivity contribution is 6.42. The van der Waals surface area contributed by atoms with Crippen molar-refractivity contribution in [2.45, 2.75) is 6.92 Å². The summed E-state index contributed by atoms with van der Waals surface area (Å²) in [7, 11) is 0. The molecule has 0 spiro atoms. The summed E-state index contributed by atoms with van der Waals surface area (Å²) in [5.74, 6) is -0.894. The van der Waals surface area contributed by atoms with Crippen LogP contribution < -0.4 is 5.32 Å². The van der Waals surface area contributed by atoms with Gasteiger partial charge in [-0.1, -0.05) is 35.3 Å². The fourth-order valence-corrected chi connectivity index (χ4v) is 1.62. The molecule has 6 heteroatoms. The number of rotatable bonds is 5. The molecule has 0 saturated carbocycles. The number of carbonyl (C=O) groups is 2. The molecule has 0 aromatic heterocycles. The highest BCUT2D eigenvalue weighted by Gasteiger charge is 2.04. The first kappa shape index (κ1) is 15.5. The number of ether oxygens (including phenoxy) is 1. The molecule has 0 aliphatic rings. The molecule has 0 aliphatic carbocycles. The number of benzene rings is 1. The van der Waals surface area contributed by atoms with Crippen molar-refractivity contribution in [3.8, 4) is 0 Å². The molecule has 1 amide bonds. The van der Waals surface area contributed by atoms with Gasteiger partial charge in [-0.3, -0.25) is 9.59 Å². The van der Waals surface area contributed by atoms with Crippen LogP contribution in [0.2, 0.25) is 10.0 Å². The molecule has 102 valence electrons. The van der Waals surface area contributed by atoms with Gasteiger partial charge in [0.1, 0.15) is 6.54 Å². The maximum atomic E-state index is 11.4. The molecule has 1 rings (SSSR count). The average Bonchev–Trinajstić information content (AvgIpc) is 2.38. The fourth-order valence-electron chi connectivity index (χ4n) is 1.24. The normalized spacial score (nSPS) is 10.5. The number of amides is 1. The third-order valence-electron chi connectivity index (χ3n) is 2.11. The third kappa shape index (κ3) is 5.32. The number of carbonyl (C=O) groups excluding carboxylic acids is 2. The third-order valence-corrected chi connectivity index (χ3v) is 2.94. The summed E-state index contributed by atoms with van der Waals surface area (Å²) < 4.78 is 4.67. The van der Waals surface area contributed by atoms with E-state index >= 15 is 0 Å². The van der Waals surface area contributed by atoms with Crippen molar-refractivity contribution in [1.82, 2.24) is 5.32 Å². The van der Waals surface area contributed by atoms with E-state index in [1.54, 1.807) is 25.1 Å². The van der Waals surface area contributed by atoms with E-state index in [1.165, 1.54) is 12.2 Å². The van der Waals surface area contributed by atoms with Crippen LogP contribution in [0.25, 0.3) is 6.08 Å². The molecule has 1 aromatic carbocycles. The molecule has 0 radical (unpaired) electrons. The number of hydrogen-bond acceptors (Lipinski definition) is 3. The SMILES string of the molecule is CCOC(=O)CNC(=O)/C=C/c1cccc(Cl)c1Cl. The molecule has 1 N–H and O–H groups in total. The lowest BCUT2D eigenvalue weighted by atomic mass is 10.2. The molecular formula is C13H13Cl2NO3. The zero-order chi connectivity index (χ0) is 14.3. The van der Waals surface area contributed by atoms with Gasteiger partial charge in [0.15, 0.2) is 0 Å². The lowest BCUT2D eigenvalue weighted by molar-refractivity contribution is -0.143. The average molecular weight is 302 g/mol. The monoisotopic (exact) mass is 301 g/mol. The zero-order valence-corrected chi connectivity index (χ0v) is 11.8. The van der Waals surface area contributed by atoms with Crippen molar-refractivity contribution < 1.29 is 14.3 Å². The Labute approximate surface area is 121 Å². The highest BCUT2D eigenvalue weighted by atomic mass is 35.5. The van der Waals surface area contributed by atoms with Gasteiger partial charge in [0.25, 0.3) is 0 Å². The van der Waals surface area contributed by atoms with Crippen molar-refractivity contribution in [2.75, 3.05) is 13.2 Å². The molecule has 0 unspecified atom stereocenters. The van der Waals surface area contributed by atoms with E-state index in [0.717, 1.165) is 0 Å². The molecule has 0 aliphatic heterocycles. The molecule has 1 aromatic rings. The number of esters is 1. The number of halogens is 2. The van der Waals surface area contributed by atoms with Crippen LogP contribution in [-0.2, 0) is 14.3 Å². The van der Waals surface area contributed by atoms with E-state index in [4.69, 9.17) is 23.2 Å². The predicted molar refractivity (Wildman–Crippen MR) is 75.1 cm³/mol. The summed E-state index contributed by atoms with van der Waals surface area (Å²) in [6.45, 7) is 1.81. The molecular weight excluding hydrogens is 289 g/mol. The van der Waals surface area contributed by atoms with Crippen LogP contribution >= 0.6 is 23.2 Å². The van der Waals surface area contributed by atoms with Crippen molar-refractivity contribution in [3.05, 3.63) is 39.9 Å². The van der Waals surface area contributed by atoms with E-state index in [-0.39, 0.29) is 13.2 Å². The van der Waals surface area contributed by atoms with Crippen molar-refractivity contribution in [3.63, 3.8) is 0 Å². The van der Waals surface area contributed by atoms with Crippen molar-refractivity contribution in [2.24, 2.45) is 0 Å². The summed E-state index contributed by atoms with van der Waals surface area (Å²) in [6, 6.07) is 5.11. The lowest BCUT2D eigenvalue weighted by Crippen LogP contribution is -2.29. The second-order valence-corrected chi connectivity index (χ2v) is 4.28. The van der Waals surface area contributed by atoms with Gasteiger partial charge in [-0.05, 0) is 24.6 Å². The minimum atomic E-state index is -0.481. The molecule has 0 saturated heterocycles. The molecule has 0 heterocycles. The first-order chi connectivity index (χ1) is 9.04. The first-order valence-electron chi connectivity index (χ1n) is 5.60. The largest absolute Gasteiger partial charge is 0.465 e. The van der Waals surface area contributed by atoms with E-state index < -0.39 is 11.9 Å². The van der Waals surface area contributed by atoms with Crippen LogP contribution in [0.5, 0.6) is 0 Å². The Balaban J connectivity index is 2.54. The molecule has 0 bridgehead atoms. The smallest absolute Gasteiger partial charge is 0.325 e. The van der Waals surface area contributed by atoms with Crippen LogP contribution in [0.3, 0.4) is 0 Å². The van der Waals surface area contributed by atoms with Crippen LogP contribution in [0.4, 0.5) is 0 Å². The standard InChI is InChI=1S/C13H13Cl2NO3/c1-2-19-12(18)8-16-11(17)7-6-9-4-3-5-10(14)13(9)15/h3-7H,2,8H2,1H3,(H,16,17)/b7-6+. The summed E-state index contributed by atoms with van der Waals surface area (Å²) in [6.07, 6.45) is 2.80. The van der Waals surface area contributed by atoms with Gasteiger partial charge >= 0.3 is 5.97 Å². The lowest BCUT2D eigenvalue weighted by Gasteiger charge is -2.02. The van der Waals surface area contributed by atoms with Gasteiger partial charge in [0, 0.05) is 6.08 Å². The number of hydrogen-bond donors (Lipinski definition) is 1. The Morgan fingerprint density at radius 2 is 2.11 bits per heavy atom. The second kappa shape index (κ2) is 7.81. The van der Waals surface area contributed by atoms with Gasteiger partial charge in [-0.2, -0.15) is 0 Å². The van der Waals surface area contributed by atoms with Gasteiger partial charge in [-0.25, -0.2) is 0 Å². The predicted octanol–water partition coefficient (Wildman–Crippen LogP) is 2.69. The van der Waals surface area contributed by atoms with Crippen LogP contribution in [0.1, 0.15) is 12.5 Å². The molecule has 19 heavy (non-hydrogen) atoms. The molecule has 4 nitrogen and oxygen atoms in total. The molecule has 0 atom stereocenters. The van der Waals surface area contributed by atoms with Crippen LogP contribution in [0.15, 0.2) is 24.3 Å². The quantitative estimate of drug-likeness (QED) is 0.672.